The number of ether oxygens (including phenoxy) is 1. The molecule has 1 fully saturated rings. The van der Waals surface area contributed by atoms with Gasteiger partial charge in [0.2, 0.25) is 0 Å². The maximum atomic E-state index is 12.5. The van der Waals surface area contributed by atoms with Crippen molar-refractivity contribution in [3.05, 3.63) is 47.5 Å². The summed E-state index contributed by atoms with van der Waals surface area (Å²) in [6.45, 7) is 2.65. The Labute approximate surface area is 144 Å². The van der Waals surface area contributed by atoms with Crippen LogP contribution in [0.5, 0.6) is 5.75 Å². The number of hydrogen-bond donors (Lipinski definition) is 1. The SMILES string of the molecule is O=C(Nc1ccc2oc(N3CCC3)nc2c1)c1ccc2c(c1)CCO2. The number of aromatic nitrogens is 1. The van der Waals surface area contributed by atoms with Crippen LogP contribution in [-0.2, 0) is 6.42 Å². The minimum absolute atomic E-state index is 0.138. The summed E-state index contributed by atoms with van der Waals surface area (Å²) in [5.41, 5.74) is 3.90. The maximum Gasteiger partial charge on any atom is 0.298 e. The third-order valence-electron chi connectivity index (χ3n) is 4.71. The lowest BCUT2D eigenvalue weighted by Crippen LogP contribution is -2.37. The normalized spacial score (nSPS) is 15.6. The summed E-state index contributed by atoms with van der Waals surface area (Å²) in [6.07, 6.45) is 2.02. The minimum atomic E-state index is -0.138. The molecule has 2 aliphatic rings. The molecule has 0 aliphatic carbocycles. The number of amides is 1. The van der Waals surface area contributed by atoms with E-state index in [1.54, 1.807) is 6.07 Å². The van der Waals surface area contributed by atoms with Gasteiger partial charge in [-0.15, -0.1) is 0 Å². The first-order chi connectivity index (χ1) is 12.3. The topological polar surface area (TPSA) is 67.6 Å². The Balaban J connectivity index is 1.38. The Morgan fingerprint density at radius 3 is 2.92 bits per heavy atom. The summed E-state index contributed by atoms with van der Waals surface area (Å²) in [4.78, 5) is 19.1. The quantitative estimate of drug-likeness (QED) is 0.796. The van der Waals surface area contributed by atoms with Crippen molar-refractivity contribution in [3.63, 3.8) is 0 Å². The largest absolute Gasteiger partial charge is 0.493 e. The van der Waals surface area contributed by atoms with E-state index in [1.807, 2.05) is 30.3 Å². The first-order valence-electron chi connectivity index (χ1n) is 8.49. The van der Waals surface area contributed by atoms with Crippen LogP contribution in [0.4, 0.5) is 11.7 Å². The number of nitrogens with zero attached hydrogens (tertiary/aromatic N) is 2. The van der Waals surface area contributed by atoms with Gasteiger partial charge in [0.05, 0.1) is 6.61 Å². The molecule has 3 aromatic rings. The number of nitrogens with one attached hydrogen (secondary N) is 1. The van der Waals surface area contributed by atoms with Crippen LogP contribution >= 0.6 is 0 Å². The molecule has 1 saturated heterocycles. The lowest BCUT2D eigenvalue weighted by atomic mass is 10.1. The monoisotopic (exact) mass is 335 g/mol. The first-order valence-corrected chi connectivity index (χ1v) is 8.49. The third-order valence-corrected chi connectivity index (χ3v) is 4.71. The van der Waals surface area contributed by atoms with Crippen LogP contribution in [0.3, 0.4) is 0 Å². The van der Waals surface area contributed by atoms with E-state index in [2.05, 4.69) is 15.2 Å². The molecule has 0 atom stereocenters. The number of fused-ring (bicyclic) bond motifs is 2. The van der Waals surface area contributed by atoms with Crippen LogP contribution < -0.4 is 15.0 Å². The van der Waals surface area contributed by atoms with Crippen molar-refractivity contribution >= 4 is 28.7 Å². The van der Waals surface area contributed by atoms with Crippen molar-refractivity contribution in [2.45, 2.75) is 12.8 Å². The zero-order valence-electron chi connectivity index (χ0n) is 13.6. The van der Waals surface area contributed by atoms with Crippen molar-refractivity contribution in [2.24, 2.45) is 0 Å². The van der Waals surface area contributed by atoms with Gasteiger partial charge < -0.3 is 19.4 Å². The Bertz CT molecular complexity index is 975. The van der Waals surface area contributed by atoms with E-state index in [-0.39, 0.29) is 5.91 Å². The summed E-state index contributed by atoms with van der Waals surface area (Å²) in [6, 6.07) is 11.7. The molecule has 2 aliphatic heterocycles. The van der Waals surface area contributed by atoms with Gasteiger partial charge in [0.25, 0.3) is 11.9 Å². The van der Waals surface area contributed by atoms with Gasteiger partial charge in [0, 0.05) is 30.8 Å². The highest BCUT2D eigenvalue weighted by Crippen LogP contribution is 2.28. The van der Waals surface area contributed by atoms with Crippen molar-refractivity contribution in [3.8, 4) is 5.75 Å². The second-order valence-electron chi connectivity index (χ2n) is 6.39. The Kier molecular flexibility index (Phi) is 3.16. The Morgan fingerprint density at radius 1 is 1.16 bits per heavy atom. The van der Waals surface area contributed by atoms with Crippen LogP contribution in [-0.4, -0.2) is 30.6 Å². The number of carbonyl (C=O) groups is 1. The van der Waals surface area contributed by atoms with Gasteiger partial charge in [-0.2, -0.15) is 4.98 Å². The van der Waals surface area contributed by atoms with Gasteiger partial charge in [-0.05, 0) is 48.4 Å². The first kappa shape index (κ1) is 14.3. The molecule has 2 aromatic carbocycles. The van der Waals surface area contributed by atoms with E-state index in [9.17, 15) is 4.79 Å². The number of oxazole rings is 1. The smallest absolute Gasteiger partial charge is 0.298 e. The highest BCUT2D eigenvalue weighted by Gasteiger charge is 2.20. The number of hydrogen-bond acceptors (Lipinski definition) is 5. The van der Waals surface area contributed by atoms with Crippen LogP contribution in [0.2, 0.25) is 0 Å². The number of anilines is 2. The van der Waals surface area contributed by atoms with Gasteiger partial charge in [0.15, 0.2) is 5.58 Å². The fourth-order valence-electron chi connectivity index (χ4n) is 3.17. The van der Waals surface area contributed by atoms with Crippen LogP contribution in [0.1, 0.15) is 22.3 Å². The molecule has 1 amide bonds. The van der Waals surface area contributed by atoms with E-state index >= 15 is 0 Å². The molecular weight excluding hydrogens is 318 g/mol. The summed E-state index contributed by atoms with van der Waals surface area (Å²) < 4.78 is 11.2. The van der Waals surface area contributed by atoms with Crippen molar-refractivity contribution in [1.82, 2.24) is 4.98 Å². The van der Waals surface area contributed by atoms with E-state index in [0.29, 0.717) is 23.9 Å². The predicted molar refractivity (Wildman–Crippen MR) is 94.4 cm³/mol. The van der Waals surface area contributed by atoms with E-state index in [0.717, 1.165) is 41.9 Å². The fourth-order valence-corrected chi connectivity index (χ4v) is 3.17. The summed E-state index contributed by atoms with van der Waals surface area (Å²) >= 11 is 0. The van der Waals surface area contributed by atoms with E-state index < -0.39 is 0 Å². The zero-order valence-corrected chi connectivity index (χ0v) is 13.6. The number of carbonyl (C=O) groups excluding carboxylic acids is 1. The molecule has 126 valence electrons. The molecule has 0 bridgehead atoms. The van der Waals surface area contributed by atoms with Crippen LogP contribution in [0.15, 0.2) is 40.8 Å². The molecule has 1 N–H and O–H groups in total. The molecule has 25 heavy (non-hydrogen) atoms. The molecule has 0 saturated carbocycles. The Morgan fingerprint density at radius 2 is 2.08 bits per heavy atom. The minimum Gasteiger partial charge on any atom is -0.493 e. The standard InChI is InChI=1S/C19H17N3O3/c23-18(13-2-4-16-12(10-13)6-9-24-16)20-14-3-5-17-15(11-14)21-19(25-17)22-7-1-8-22/h2-5,10-11H,1,6-9H2,(H,20,23). The highest BCUT2D eigenvalue weighted by molar-refractivity contribution is 6.05. The van der Waals surface area contributed by atoms with Crippen molar-refractivity contribution in [2.75, 3.05) is 29.9 Å². The van der Waals surface area contributed by atoms with Gasteiger partial charge in [-0.1, -0.05) is 0 Å². The number of benzene rings is 2. The van der Waals surface area contributed by atoms with Crippen molar-refractivity contribution in [1.29, 1.82) is 0 Å². The molecular formula is C19H17N3O3. The average molecular weight is 335 g/mol. The zero-order chi connectivity index (χ0) is 16.8. The second-order valence-corrected chi connectivity index (χ2v) is 6.39. The Hall–Kier alpha value is -3.02. The summed E-state index contributed by atoms with van der Waals surface area (Å²) in [5.74, 6) is 0.736. The molecule has 3 heterocycles. The lowest BCUT2D eigenvalue weighted by molar-refractivity contribution is 0.102. The number of rotatable bonds is 3. The van der Waals surface area contributed by atoms with E-state index in [4.69, 9.17) is 9.15 Å². The van der Waals surface area contributed by atoms with Gasteiger partial charge in [-0.3, -0.25) is 4.79 Å². The van der Waals surface area contributed by atoms with Gasteiger partial charge in [-0.25, -0.2) is 0 Å². The van der Waals surface area contributed by atoms with Crippen molar-refractivity contribution < 1.29 is 13.9 Å². The molecule has 6 nitrogen and oxygen atoms in total. The van der Waals surface area contributed by atoms with Gasteiger partial charge in [0.1, 0.15) is 11.3 Å². The third kappa shape index (κ3) is 2.50. The molecule has 5 rings (SSSR count). The highest BCUT2D eigenvalue weighted by atomic mass is 16.5. The average Bonchev–Trinajstić information content (AvgIpc) is 3.18. The van der Waals surface area contributed by atoms with Crippen LogP contribution in [0.25, 0.3) is 11.1 Å². The predicted octanol–water partition coefficient (Wildman–Crippen LogP) is 3.23. The summed E-state index contributed by atoms with van der Waals surface area (Å²) in [7, 11) is 0. The second kappa shape index (κ2) is 5.51. The van der Waals surface area contributed by atoms with E-state index in [1.165, 1.54) is 6.42 Å². The molecule has 1 aromatic heterocycles. The molecule has 0 spiro atoms. The fraction of sp³-hybridized carbons (Fsp3) is 0.263. The molecule has 0 radical (unpaired) electrons. The van der Waals surface area contributed by atoms with Crippen LogP contribution in [0, 0.1) is 0 Å². The van der Waals surface area contributed by atoms with Gasteiger partial charge >= 0.3 is 0 Å². The lowest BCUT2D eigenvalue weighted by Gasteiger charge is -2.28. The molecule has 6 heteroatoms. The molecule has 0 unspecified atom stereocenters. The summed E-state index contributed by atoms with van der Waals surface area (Å²) in [5, 5.41) is 2.93. The maximum absolute atomic E-state index is 12.5.